The minimum Gasteiger partial charge on any atom is -0.494 e. The molecule has 1 atom stereocenters. The number of thioether (sulfide) groups is 1. The zero-order valence-electron chi connectivity index (χ0n) is 22.1. The summed E-state index contributed by atoms with van der Waals surface area (Å²) in [5, 5.41) is 4.23. The summed E-state index contributed by atoms with van der Waals surface area (Å²) in [5.74, 6) is 1.25. The molecule has 0 bridgehead atoms. The predicted molar refractivity (Wildman–Crippen MR) is 158 cm³/mol. The maximum Gasteiger partial charge on any atom is 0.267 e. The van der Waals surface area contributed by atoms with Crippen molar-refractivity contribution in [2.45, 2.75) is 63.9 Å². The minimum atomic E-state index is -0.135. The highest BCUT2D eigenvalue weighted by atomic mass is 32.2. The van der Waals surface area contributed by atoms with Gasteiger partial charge in [-0.1, -0.05) is 37.7 Å². The van der Waals surface area contributed by atoms with Gasteiger partial charge < -0.3 is 10.1 Å². The molecule has 2 aromatic heterocycles. The molecule has 0 fully saturated rings. The van der Waals surface area contributed by atoms with Gasteiger partial charge in [-0.25, -0.2) is 4.98 Å². The average molecular weight is 548 g/mol. The maximum absolute atomic E-state index is 13.9. The van der Waals surface area contributed by atoms with E-state index in [2.05, 4.69) is 31.3 Å². The molecule has 38 heavy (non-hydrogen) atoms. The van der Waals surface area contributed by atoms with E-state index < -0.39 is 0 Å². The van der Waals surface area contributed by atoms with Crippen molar-refractivity contribution in [1.82, 2.24) is 9.55 Å². The molecular weight excluding hydrogens is 514 g/mol. The van der Waals surface area contributed by atoms with Gasteiger partial charge >= 0.3 is 0 Å². The van der Waals surface area contributed by atoms with Gasteiger partial charge in [0.15, 0.2) is 5.16 Å². The summed E-state index contributed by atoms with van der Waals surface area (Å²) >= 11 is 2.91. The quantitative estimate of drug-likeness (QED) is 0.181. The van der Waals surface area contributed by atoms with Gasteiger partial charge in [-0.15, -0.1) is 11.3 Å². The number of hydrogen-bond donors (Lipinski definition) is 1. The van der Waals surface area contributed by atoms with E-state index in [4.69, 9.17) is 9.72 Å². The van der Waals surface area contributed by atoms with Gasteiger partial charge in [0.05, 0.1) is 23.4 Å². The van der Waals surface area contributed by atoms with Gasteiger partial charge in [0.2, 0.25) is 5.91 Å². The molecule has 2 aromatic carbocycles. The lowest BCUT2D eigenvalue weighted by atomic mass is 9.97. The number of hydrogen-bond acceptors (Lipinski definition) is 6. The Labute approximate surface area is 231 Å². The maximum atomic E-state index is 13.9. The van der Waals surface area contributed by atoms with Crippen molar-refractivity contribution in [2.75, 3.05) is 17.7 Å². The molecule has 1 amide bonds. The number of rotatable bonds is 9. The predicted octanol–water partition coefficient (Wildman–Crippen LogP) is 6.97. The second kappa shape index (κ2) is 11.7. The zero-order valence-corrected chi connectivity index (χ0v) is 23.7. The molecule has 0 saturated heterocycles. The summed E-state index contributed by atoms with van der Waals surface area (Å²) in [7, 11) is 0. The molecule has 4 aromatic rings. The van der Waals surface area contributed by atoms with Crippen molar-refractivity contribution < 1.29 is 9.53 Å². The summed E-state index contributed by atoms with van der Waals surface area (Å²) in [4.78, 5) is 33.8. The number of aryl methyl sites for hydroxylation is 2. The van der Waals surface area contributed by atoms with Gasteiger partial charge in [0, 0.05) is 10.6 Å². The lowest BCUT2D eigenvalue weighted by Gasteiger charge is -2.14. The van der Waals surface area contributed by atoms with Crippen molar-refractivity contribution in [1.29, 1.82) is 0 Å². The number of aromatic nitrogens is 2. The van der Waals surface area contributed by atoms with Crippen LogP contribution in [0.5, 0.6) is 5.75 Å². The fraction of sp³-hybridized carbons (Fsp3) is 0.367. The van der Waals surface area contributed by atoms with Crippen molar-refractivity contribution in [3.8, 4) is 11.4 Å². The zero-order chi connectivity index (χ0) is 26.6. The molecule has 1 aliphatic carbocycles. The highest BCUT2D eigenvalue weighted by Crippen LogP contribution is 2.35. The highest BCUT2D eigenvalue weighted by Gasteiger charge is 2.23. The van der Waals surface area contributed by atoms with Gasteiger partial charge in [0.25, 0.3) is 5.56 Å². The molecule has 6 nitrogen and oxygen atoms in total. The lowest BCUT2D eigenvalue weighted by Crippen LogP contribution is -2.23. The Bertz CT molecular complexity index is 1490. The third-order valence-electron chi connectivity index (χ3n) is 7.07. The van der Waals surface area contributed by atoms with E-state index in [1.54, 1.807) is 15.9 Å². The van der Waals surface area contributed by atoms with Gasteiger partial charge in [-0.2, -0.15) is 0 Å². The standard InChI is InChI=1S/C30H33N3O3S2/c1-4-19(3)20-10-12-21(13-11-20)31-26(34)18-37-30-32-28-27(24-8-6-7-9-25(24)38-28)29(35)33(30)22-14-16-23(17-15-22)36-5-2/h10-17,19H,4-9,18H2,1-3H3,(H,31,34)/t19-/m0/s1. The van der Waals surface area contributed by atoms with Crippen molar-refractivity contribution in [3.05, 3.63) is 74.9 Å². The first-order valence-electron chi connectivity index (χ1n) is 13.3. The number of amides is 1. The first kappa shape index (κ1) is 26.5. The van der Waals surface area contributed by atoms with Crippen LogP contribution in [0.25, 0.3) is 15.9 Å². The topological polar surface area (TPSA) is 73.2 Å². The van der Waals surface area contributed by atoms with Crippen LogP contribution in [0, 0.1) is 0 Å². The fourth-order valence-corrected chi connectivity index (χ4v) is 6.94. The second-order valence-electron chi connectivity index (χ2n) is 9.62. The van der Waals surface area contributed by atoms with Crippen molar-refractivity contribution in [2.24, 2.45) is 0 Å². The third kappa shape index (κ3) is 5.52. The molecule has 8 heteroatoms. The van der Waals surface area contributed by atoms with Crippen molar-refractivity contribution >= 4 is 44.9 Å². The van der Waals surface area contributed by atoms with E-state index in [9.17, 15) is 9.59 Å². The monoisotopic (exact) mass is 547 g/mol. The SMILES string of the molecule is CCOc1ccc(-n2c(SCC(=O)Nc3ccc([C@@H](C)CC)cc3)nc3sc4c(c3c2=O)CCCC4)cc1. The first-order valence-corrected chi connectivity index (χ1v) is 15.1. The number of ether oxygens (including phenoxy) is 1. The molecule has 1 N–H and O–H groups in total. The van der Waals surface area contributed by atoms with Crippen LogP contribution in [0.15, 0.2) is 58.5 Å². The Morgan fingerprint density at radius 1 is 1.11 bits per heavy atom. The highest BCUT2D eigenvalue weighted by molar-refractivity contribution is 7.99. The number of nitrogens with one attached hydrogen (secondary N) is 1. The van der Waals surface area contributed by atoms with Crippen LogP contribution in [0.1, 0.15) is 62.0 Å². The number of carbonyl (C=O) groups excluding carboxylic acids is 1. The van der Waals surface area contributed by atoms with Gasteiger partial charge in [0.1, 0.15) is 10.6 Å². The van der Waals surface area contributed by atoms with Gasteiger partial charge in [-0.3, -0.25) is 14.2 Å². The Morgan fingerprint density at radius 3 is 2.55 bits per heavy atom. The number of thiophene rings is 1. The van der Waals surface area contributed by atoms with E-state index in [0.717, 1.165) is 59.3 Å². The summed E-state index contributed by atoms with van der Waals surface area (Å²) in [5.41, 5.74) is 3.83. The molecule has 198 valence electrons. The van der Waals surface area contributed by atoms with Crippen LogP contribution in [-0.4, -0.2) is 27.8 Å². The number of carbonyl (C=O) groups is 1. The van der Waals surface area contributed by atoms with Crippen LogP contribution < -0.4 is 15.6 Å². The van der Waals surface area contributed by atoms with E-state index in [-0.39, 0.29) is 17.2 Å². The number of fused-ring (bicyclic) bond motifs is 3. The smallest absolute Gasteiger partial charge is 0.267 e. The van der Waals surface area contributed by atoms with E-state index in [1.165, 1.54) is 22.2 Å². The van der Waals surface area contributed by atoms with Crippen molar-refractivity contribution in [3.63, 3.8) is 0 Å². The summed E-state index contributed by atoms with van der Waals surface area (Å²) in [6.07, 6.45) is 5.23. The summed E-state index contributed by atoms with van der Waals surface area (Å²) < 4.78 is 7.24. The minimum absolute atomic E-state index is 0.0675. The molecule has 0 radical (unpaired) electrons. The van der Waals surface area contributed by atoms with Crippen LogP contribution in [-0.2, 0) is 17.6 Å². The van der Waals surface area contributed by atoms with Crippen LogP contribution >= 0.6 is 23.1 Å². The molecule has 1 aliphatic rings. The first-order chi connectivity index (χ1) is 18.5. The Balaban J connectivity index is 1.44. The molecular formula is C30H33N3O3S2. The lowest BCUT2D eigenvalue weighted by molar-refractivity contribution is -0.113. The molecule has 0 unspecified atom stereocenters. The molecule has 0 spiro atoms. The van der Waals surface area contributed by atoms with E-state index in [1.807, 2.05) is 43.3 Å². The Hall–Kier alpha value is -3.10. The average Bonchev–Trinajstić information content (AvgIpc) is 3.31. The number of nitrogens with zero attached hydrogens (tertiary/aromatic N) is 2. The van der Waals surface area contributed by atoms with E-state index in [0.29, 0.717) is 23.4 Å². The van der Waals surface area contributed by atoms with Crippen LogP contribution in [0.2, 0.25) is 0 Å². The number of benzene rings is 2. The summed E-state index contributed by atoms with van der Waals surface area (Å²) in [6.45, 7) is 6.88. The molecule has 2 heterocycles. The normalized spacial score (nSPS) is 13.8. The van der Waals surface area contributed by atoms with E-state index >= 15 is 0 Å². The Kier molecular flexibility index (Phi) is 8.19. The Morgan fingerprint density at radius 2 is 1.84 bits per heavy atom. The molecule has 0 saturated carbocycles. The fourth-order valence-electron chi connectivity index (χ4n) is 4.83. The summed E-state index contributed by atoms with van der Waals surface area (Å²) in [6, 6.07) is 15.5. The second-order valence-corrected chi connectivity index (χ2v) is 11.6. The van der Waals surface area contributed by atoms with Crippen LogP contribution in [0.4, 0.5) is 5.69 Å². The van der Waals surface area contributed by atoms with Crippen LogP contribution in [0.3, 0.4) is 0 Å². The molecule has 0 aliphatic heterocycles. The largest absolute Gasteiger partial charge is 0.494 e. The molecule has 5 rings (SSSR count). The van der Waals surface area contributed by atoms with Gasteiger partial charge in [-0.05, 0) is 92.5 Å². The number of anilines is 1. The third-order valence-corrected chi connectivity index (χ3v) is 9.20.